The summed E-state index contributed by atoms with van der Waals surface area (Å²) in [5.41, 5.74) is 5.35. The summed E-state index contributed by atoms with van der Waals surface area (Å²) in [6, 6.07) is 4.84. The molecular weight excluding hydrogens is 496 g/mol. The average Bonchev–Trinajstić information content (AvgIpc) is 3.20. The van der Waals surface area contributed by atoms with Crippen LogP contribution in [-0.4, -0.2) is 47.0 Å². The van der Waals surface area contributed by atoms with E-state index in [1.165, 1.54) is 0 Å². The molecule has 0 aliphatic rings. The normalized spacial score (nSPS) is 12.3. The van der Waals surface area contributed by atoms with Gasteiger partial charge in [0.1, 0.15) is 0 Å². The summed E-state index contributed by atoms with van der Waals surface area (Å²) in [7, 11) is 1.56. The number of nitrogens with one attached hydrogen (secondary N) is 1. The van der Waals surface area contributed by atoms with Crippen molar-refractivity contribution in [1.82, 2.24) is 20.1 Å². The van der Waals surface area contributed by atoms with Crippen molar-refractivity contribution in [3.63, 3.8) is 0 Å². The first-order valence-corrected chi connectivity index (χ1v) is 13.5. The van der Waals surface area contributed by atoms with Gasteiger partial charge in [-0.05, 0) is 90.6 Å². The van der Waals surface area contributed by atoms with E-state index < -0.39 is 6.04 Å². The van der Waals surface area contributed by atoms with Crippen LogP contribution in [0.2, 0.25) is 0 Å². The minimum atomic E-state index is -0.573. The van der Waals surface area contributed by atoms with Crippen molar-refractivity contribution in [2.45, 2.75) is 86.2 Å². The Morgan fingerprint density at radius 3 is 2.38 bits per heavy atom. The highest BCUT2D eigenvalue weighted by Gasteiger charge is 2.24. The van der Waals surface area contributed by atoms with Crippen LogP contribution < -0.4 is 14.8 Å². The zero-order valence-corrected chi connectivity index (χ0v) is 24.7. The number of pyridine rings is 1. The number of aromatic nitrogens is 3. The first kappa shape index (κ1) is 29.9. The van der Waals surface area contributed by atoms with Crippen molar-refractivity contribution < 1.29 is 23.8 Å². The molecule has 9 nitrogen and oxygen atoms in total. The van der Waals surface area contributed by atoms with Crippen LogP contribution in [0.3, 0.4) is 0 Å². The molecule has 2 heterocycles. The minimum Gasteiger partial charge on any atom is -0.493 e. The zero-order valence-electron chi connectivity index (χ0n) is 24.7. The van der Waals surface area contributed by atoms with Crippen LogP contribution in [0.1, 0.15) is 81.6 Å². The van der Waals surface area contributed by atoms with Gasteiger partial charge in [0.2, 0.25) is 5.91 Å². The van der Waals surface area contributed by atoms with Gasteiger partial charge in [-0.25, -0.2) is 9.67 Å². The van der Waals surface area contributed by atoms with E-state index in [4.69, 9.17) is 24.3 Å². The molecule has 1 atom stereocenters. The number of hydrogen-bond acceptors (Lipinski definition) is 7. The number of carbonyl (C=O) groups excluding carboxylic acids is 2. The molecule has 212 valence electrons. The maximum Gasteiger partial charge on any atom is 0.308 e. The van der Waals surface area contributed by atoms with E-state index in [2.05, 4.69) is 33.0 Å². The van der Waals surface area contributed by atoms with Crippen molar-refractivity contribution >= 4 is 22.9 Å². The third kappa shape index (κ3) is 6.88. The van der Waals surface area contributed by atoms with Gasteiger partial charge in [-0.1, -0.05) is 6.07 Å². The monoisotopic (exact) mass is 538 g/mol. The molecule has 0 bridgehead atoms. The molecule has 0 fully saturated rings. The van der Waals surface area contributed by atoms with E-state index in [1.807, 2.05) is 31.5 Å². The lowest BCUT2D eigenvalue weighted by Gasteiger charge is -2.21. The lowest BCUT2D eigenvalue weighted by atomic mass is 9.98. The fourth-order valence-electron chi connectivity index (χ4n) is 4.86. The topological polar surface area (TPSA) is 105 Å². The molecule has 0 radical (unpaired) electrons. The Labute approximate surface area is 231 Å². The van der Waals surface area contributed by atoms with Crippen molar-refractivity contribution in [1.29, 1.82) is 0 Å². The molecule has 2 aromatic heterocycles. The Hall–Kier alpha value is -3.62. The van der Waals surface area contributed by atoms with Gasteiger partial charge in [0.15, 0.2) is 17.1 Å². The number of methoxy groups -OCH3 is 1. The molecule has 0 saturated heterocycles. The second kappa shape index (κ2) is 12.5. The third-order valence-corrected chi connectivity index (χ3v) is 6.71. The fraction of sp³-hybridized carbons (Fsp3) is 0.533. The van der Waals surface area contributed by atoms with E-state index in [0.29, 0.717) is 24.5 Å². The highest BCUT2D eigenvalue weighted by atomic mass is 16.5. The van der Waals surface area contributed by atoms with Gasteiger partial charge in [-0.2, -0.15) is 5.10 Å². The smallest absolute Gasteiger partial charge is 0.308 e. The van der Waals surface area contributed by atoms with Crippen LogP contribution in [0, 0.1) is 20.8 Å². The maximum absolute atomic E-state index is 13.2. The van der Waals surface area contributed by atoms with Crippen LogP contribution in [-0.2, 0) is 26.3 Å². The van der Waals surface area contributed by atoms with Crippen LogP contribution >= 0.6 is 0 Å². The lowest BCUT2D eigenvalue weighted by Crippen LogP contribution is -2.31. The Morgan fingerprint density at radius 1 is 1.05 bits per heavy atom. The van der Waals surface area contributed by atoms with Gasteiger partial charge < -0.3 is 19.5 Å². The van der Waals surface area contributed by atoms with Gasteiger partial charge >= 0.3 is 5.97 Å². The summed E-state index contributed by atoms with van der Waals surface area (Å²) in [6.45, 7) is 16.8. The number of amides is 1. The van der Waals surface area contributed by atoms with E-state index in [9.17, 15) is 9.59 Å². The third-order valence-electron chi connectivity index (χ3n) is 6.71. The summed E-state index contributed by atoms with van der Waals surface area (Å²) in [5, 5.41) is 8.83. The van der Waals surface area contributed by atoms with Crippen LogP contribution in [0.4, 0.5) is 0 Å². The Morgan fingerprint density at radius 2 is 1.77 bits per heavy atom. The quantitative estimate of drug-likeness (QED) is 0.332. The van der Waals surface area contributed by atoms with Crippen molar-refractivity contribution in [2.75, 3.05) is 20.3 Å². The van der Waals surface area contributed by atoms with Crippen molar-refractivity contribution in [3.8, 4) is 11.5 Å². The Bertz CT molecular complexity index is 1340. The first-order valence-electron chi connectivity index (χ1n) is 13.5. The molecule has 39 heavy (non-hydrogen) atoms. The highest BCUT2D eigenvalue weighted by Crippen LogP contribution is 2.32. The number of aryl methyl sites for hydroxylation is 3. The molecule has 1 N–H and O–H groups in total. The number of nitrogens with zero attached hydrogens (tertiary/aromatic N) is 3. The molecule has 0 aliphatic heterocycles. The van der Waals surface area contributed by atoms with Gasteiger partial charge in [0, 0.05) is 17.5 Å². The molecule has 3 rings (SSSR count). The second-order valence-corrected chi connectivity index (χ2v) is 10.6. The number of benzene rings is 1. The number of esters is 1. The second-order valence-electron chi connectivity index (χ2n) is 10.6. The zero-order chi connectivity index (χ0) is 28.9. The van der Waals surface area contributed by atoms with Gasteiger partial charge in [-0.15, -0.1) is 0 Å². The molecule has 3 aromatic rings. The molecule has 1 amide bonds. The molecule has 0 saturated carbocycles. The largest absolute Gasteiger partial charge is 0.493 e. The predicted octanol–water partition coefficient (Wildman–Crippen LogP) is 5.26. The number of hydrogen-bond donors (Lipinski definition) is 1. The summed E-state index contributed by atoms with van der Waals surface area (Å²) in [4.78, 5) is 30.5. The summed E-state index contributed by atoms with van der Waals surface area (Å²) < 4.78 is 18.2. The van der Waals surface area contributed by atoms with Gasteiger partial charge in [0.05, 0.1) is 44.0 Å². The van der Waals surface area contributed by atoms with Crippen LogP contribution in [0.15, 0.2) is 18.2 Å². The van der Waals surface area contributed by atoms with Gasteiger partial charge in [0.25, 0.3) is 0 Å². The maximum atomic E-state index is 13.2. The predicted molar refractivity (Wildman–Crippen MR) is 151 cm³/mol. The fourth-order valence-corrected chi connectivity index (χ4v) is 4.86. The minimum absolute atomic E-state index is 0.00741. The van der Waals surface area contributed by atoms with Gasteiger partial charge in [-0.3, -0.25) is 9.59 Å². The molecule has 9 heteroatoms. The first-order chi connectivity index (χ1) is 18.4. The lowest BCUT2D eigenvalue weighted by molar-refractivity contribution is -0.143. The highest BCUT2D eigenvalue weighted by molar-refractivity contribution is 5.84. The molecular formula is C30H42N4O5. The Kier molecular flexibility index (Phi) is 9.59. The number of carbonyl (C=O) groups is 2. The molecule has 0 aliphatic carbocycles. The van der Waals surface area contributed by atoms with E-state index in [-0.39, 0.29) is 36.9 Å². The van der Waals surface area contributed by atoms with Crippen LogP contribution in [0.25, 0.3) is 11.0 Å². The number of rotatable bonds is 11. The summed E-state index contributed by atoms with van der Waals surface area (Å²) >= 11 is 0. The van der Waals surface area contributed by atoms with Crippen molar-refractivity contribution in [2.24, 2.45) is 0 Å². The summed E-state index contributed by atoms with van der Waals surface area (Å²) in [5.74, 6) is 0.583. The van der Waals surface area contributed by atoms with E-state index >= 15 is 0 Å². The van der Waals surface area contributed by atoms with Crippen LogP contribution in [0.5, 0.6) is 11.5 Å². The number of ether oxygens (including phenoxy) is 3. The van der Waals surface area contributed by atoms with E-state index in [0.717, 1.165) is 39.1 Å². The molecule has 0 spiro atoms. The standard InChI is InChI=1S/C30H42N4O5/c1-10-38-24-14-12-21(16-25(24)37-9)23(17-27(36)39-11-2)32-26(35)15-13-22-18(3)28-20(5)33-34(30(6,7)8)29(28)31-19(22)4/h12,14,16,23H,10-11,13,15,17H2,1-9H3,(H,32,35). The SMILES string of the molecule is CCOC(=O)CC(NC(=O)CCc1c(C)nc2c(c(C)nn2C(C)(C)C)c1C)c1ccc(OCC)c(OC)c1. The van der Waals surface area contributed by atoms with Crippen molar-refractivity contribution in [3.05, 3.63) is 46.3 Å². The Balaban J connectivity index is 1.84. The molecule has 1 aromatic carbocycles. The average molecular weight is 539 g/mol. The summed E-state index contributed by atoms with van der Waals surface area (Å²) in [6.07, 6.45) is 0.771. The number of fused-ring (bicyclic) bond motifs is 1. The van der Waals surface area contributed by atoms with E-state index in [1.54, 1.807) is 26.2 Å². The molecule has 1 unspecified atom stereocenters.